The molecule has 0 radical (unpaired) electrons. The van der Waals surface area contributed by atoms with Crippen molar-refractivity contribution < 1.29 is 4.74 Å². The minimum atomic E-state index is 0. The van der Waals surface area contributed by atoms with Gasteiger partial charge in [-0.2, -0.15) is 0 Å². The normalized spacial score (nSPS) is 15.5. The number of nitrogens with one attached hydrogen (secondary N) is 2. The Morgan fingerprint density at radius 2 is 1.85 bits per heavy atom. The monoisotopic (exact) mass is 474 g/mol. The second kappa shape index (κ2) is 13.2. The molecule has 1 aromatic rings. The molecule has 6 heteroatoms. The van der Waals surface area contributed by atoms with E-state index >= 15 is 0 Å². The number of benzene rings is 1. The Kier molecular flexibility index (Phi) is 11.7. The van der Waals surface area contributed by atoms with Gasteiger partial charge >= 0.3 is 0 Å². The van der Waals surface area contributed by atoms with E-state index in [0.29, 0.717) is 6.04 Å². The van der Waals surface area contributed by atoms with Crippen molar-refractivity contribution in [1.82, 2.24) is 15.5 Å². The van der Waals surface area contributed by atoms with Gasteiger partial charge in [0.25, 0.3) is 0 Å². The molecular weight excluding hydrogens is 439 g/mol. The van der Waals surface area contributed by atoms with Crippen LogP contribution < -0.4 is 15.4 Å². The van der Waals surface area contributed by atoms with E-state index in [1.807, 2.05) is 19.2 Å². The molecule has 2 N–H and O–H groups in total. The van der Waals surface area contributed by atoms with Crippen molar-refractivity contribution in [3.8, 4) is 5.75 Å². The summed E-state index contributed by atoms with van der Waals surface area (Å²) in [6, 6.07) is 8.89. The van der Waals surface area contributed by atoms with E-state index in [0.717, 1.165) is 37.8 Å². The number of ether oxygens (including phenoxy) is 1. The van der Waals surface area contributed by atoms with E-state index in [4.69, 9.17) is 4.74 Å². The number of aliphatic imine (C=N–C) groups is 1. The fraction of sp³-hybridized carbons (Fsp3) is 0.650. The Morgan fingerprint density at radius 3 is 2.46 bits per heavy atom. The minimum absolute atomic E-state index is 0. The van der Waals surface area contributed by atoms with Gasteiger partial charge in [0.2, 0.25) is 0 Å². The zero-order chi connectivity index (χ0) is 17.9. The lowest BCUT2D eigenvalue weighted by Crippen LogP contribution is -2.43. The van der Waals surface area contributed by atoms with Crippen LogP contribution >= 0.6 is 24.0 Å². The summed E-state index contributed by atoms with van der Waals surface area (Å²) in [5, 5.41) is 6.95. The maximum Gasteiger partial charge on any atom is 0.191 e. The number of guanidine groups is 1. The third kappa shape index (κ3) is 9.07. The Balaban J connectivity index is 0.00000338. The first kappa shape index (κ1) is 23.0. The summed E-state index contributed by atoms with van der Waals surface area (Å²) in [5.41, 5.74) is 1.23. The highest BCUT2D eigenvalue weighted by atomic mass is 127. The lowest BCUT2D eigenvalue weighted by atomic mass is 9.96. The quantitative estimate of drug-likeness (QED) is 0.262. The van der Waals surface area contributed by atoms with Gasteiger partial charge in [-0.15, -0.1) is 24.0 Å². The first-order valence-corrected chi connectivity index (χ1v) is 9.51. The molecule has 0 aromatic heterocycles. The number of halogens is 1. The van der Waals surface area contributed by atoms with Crippen molar-refractivity contribution in [3.05, 3.63) is 29.8 Å². The molecule has 1 saturated carbocycles. The molecule has 26 heavy (non-hydrogen) atoms. The van der Waals surface area contributed by atoms with Crippen molar-refractivity contribution >= 4 is 29.9 Å². The van der Waals surface area contributed by atoms with E-state index in [1.54, 1.807) is 0 Å². The van der Waals surface area contributed by atoms with E-state index < -0.39 is 0 Å². The topological polar surface area (TPSA) is 48.9 Å². The lowest BCUT2D eigenvalue weighted by molar-refractivity contribution is 0.281. The van der Waals surface area contributed by atoms with Crippen molar-refractivity contribution in [2.75, 3.05) is 34.3 Å². The molecule has 1 aromatic carbocycles. The van der Waals surface area contributed by atoms with Crippen LogP contribution in [0.1, 0.15) is 44.1 Å². The van der Waals surface area contributed by atoms with Crippen LogP contribution in [0.5, 0.6) is 5.75 Å². The van der Waals surface area contributed by atoms with Gasteiger partial charge in [-0.25, -0.2) is 0 Å². The molecule has 0 unspecified atom stereocenters. The van der Waals surface area contributed by atoms with Crippen LogP contribution in [0.4, 0.5) is 0 Å². The maximum absolute atomic E-state index is 5.78. The smallest absolute Gasteiger partial charge is 0.191 e. The van der Waals surface area contributed by atoms with Crippen LogP contribution in [0.2, 0.25) is 0 Å². The summed E-state index contributed by atoms with van der Waals surface area (Å²) in [4.78, 5) is 6.52. The predicted molar refractivity (Wildman–Crippen MR) is 121 cm³/mol. The van der Waals surface area contributed by atoms with E-state index in [1.165, 1.54) is 37.7 Å². The average molecular weight is 474 g/mol. The number of rotatable bonds is 8. The number of hydrogen-bond acceptors (Lipinski definition) is 3. The lowest BCUT2D eigenvalue weighted by Gasteiger charge is -2.24. The molecular formula is C20H35IN4O. The minimum Gasteiger partial charge on any atom is -0.494 e. The molecule has 148 valence electrons. The van der Waals surface area contributed by atoms with Crippen LogP contribution in [0, 0.1) is 0 Å². The fourth-order valence-corrected chi connectivity index (χ4v) is 3.10. The third-order valence-electron chi connectivity index (χ3n) is 4.57. The molecule has 0 bridgehead atoms. The molecule has 1 aliphatic carbocycles. The van der Waals surface area contributed by atoms with Crippen molar-refractivity contribution in [1.29, 1.82) is 0 Å². The van der Waals surface area contributed by atoms with Crippen LogP contribution in [-0.2, 0) is 6.54 Å². The van der Waals surface area contributed by atoms with Crippen molar-refractivity contribution in [2.45, 2.75) is 51.1 Å². The predicted octanol–water partition coefficient (Wildman–Crippen LogP) is 3.63. The zero-order valence-corrected chi connectivity index (χ0v) is 18.8. The third-order valence-corrected chi connectivity index (χ3v) is 4.57. The van der Waals surface area contributed by atoms with Gasteiger partial charge in [-0.05, 0) is 51.1 Å². The van der Waals surface area contributed by atoms with Gasteiger partial charge in [-0.3, -0.25) is 4.99 Å². The molecule has 1 fully saturated rings. The second-order valence-corrected chi connectivity index (χ2v) is 7.05. The van der Waals surface area contributed by atoms with Gasteiger partial charge in [-0.1, -0.05) is 31.4 Å². The second-order valence-electron chi connectivity index (χ2n) is 7.05. The van der Waals surface area contributed by atoms with E-state index in [2.05, 4.69) is 46.8 Å². The molecule has 0 spiro atoms. The Bertz CT molecular complexity index is 513. The standard InChI is InChI=1S/C20H34N4O.HI/c1-21-20(23-18-8-5-4-6-9-18)22-16-17-10-12-19(13-11-17)25-15-7-14-24(2)3;/h10-13,18H,4-9,14-16H2,1-3H3,(H2,21,22,23);1H. The zero-order valence-electron chi connectivity index (χ0n) is 16.5. The fourth-order valence-electron chi connectivity index (χ4n) is 3.10. The first-order valence-electron chi connectivity index (χ1n) is 9.51. The number of nitrogens with zero attached hydrogens (tertiary/aromatic N) is 2. The van der Waals surface area contributed by atoms with Crippen LogP contribution in [0.15, 0.2) is 29.3 Å². The average Bonchev–Trinajstić information content (AvgIpc) is 2.64. The van der Waals surface area contributed by atoms with Gasteiger partial charge in [0.15, 0.2) is 5.96 Å². The molecule has 0 aliphatic heterocycles. The highest BCUT2D eigenvalue weighted by molar-refractivity contribution is 14.0. The summed E-state index contributed by atoms with van der Waals surface area (Å²) in [6.45, 7) is 2.58. The maximum atomic E-state index is 5.78. The molecule has 0 saturated heterocycles. The molecule has 1 aliphatic rings. The highest BCUT2D eigenvalue weighted by Gasteiger charge is 2.14. The summed E-state index contributed by atoms with van der Waals surface area (Å²) in [6.07, 6.45) is 7.56. The largest absolute Gasteiger partial charge is 0.494 e. The van der Waals surface area contributed by atoms with E-state index in [-0.39, 0.29) is 24.0 Å². The van der Waals surface area contributed by atoms with Gasteiger partial charge in [0.1, 0.15) is 5.75 Å². The summed E-state index contributed by atoms with van der Waals surface area (Å²) >= 11 is 0. The Hall–Kier alpha value is -1.02. The molecule has 0 amide bonds. The number of hydrogen-bond donors (Lipinski definition) is 2. The van der Waals surface area contributed by atoms with E-state index in [9.17, 15) is 0 Å². The van der Waals surface area contributed by atoms with Gasteiger partial charge < -0.3 is 20.3 Å². The van der Waals surface area contributed by atoms with Gasteiger partial charge in [0.05, 0.1) is 6.61 Å². The van der Waals surface area contributed by atoms with Crippen molar-refractivity contribution in [3.63, 3.8) is 0 Å². The highest BCUT2D eigenvalue weighted by Crippen LogP contribution is 2.17. The van der Waals surface area contributed by atoms with Gasteiger partial charge in [0, 0.05) is 26.2 Å². The van der Waals surface area contributed by atoms with Crippen LogP contribution in [0.3, 0.4) is 0 Å². The first-order chi connectivity index (χ1) is 12.2. The summed E-state index contributed by atoms with van der Waals surface area (Å²) < 4.78 is 5.78. The Morgan fingerprint density at radius 1 is 1.15 bits per heavy atom. The van der Waals surface area contributed by atoms with Crippen LogP contribution in [-0.4, -0.2) is 51.2 Å². The van der Waals surface area contributed by atoms with Crippen molar-refractivity contribution in [2.24, 2.45) is 4.99 Å². The molecule has 0 atom stereocenters. The molecule has 2 rings (SSSR count). The van der Waals surface area contributed by atoms with Crippen LogP contribution in [0.25, 0.3) is 0 Å². The summed E-state index contributed by atoms with van der Waals surface area (Å²) in [5.74, 6) is 1.84. The summed E-state index contributed by atoms with van der Waals surface area (Å²) in [7, 11) is 6.00. The molecule has 0 heterocycles. The molecule has 5 nitrogen and oxygen atoms in total. The SMILES string of the molecule is CN=C(NCc1ccc(OCCCN(C)C)cc1)NC1CCCCC1.I. The Labute approximate surface area is 176 Å².